The normalized spacial score (nSPS) is 13.0. The Morgan fingerprint density at radius 1 is 0.551 bits per heavy atom. The number of para-hydroxylation sites is 4. The Hall–Kier alpha value is -7.20. The van der Waals surface area contributed by atoms with Crippen molar-refractivity contribution in [1.82, 2.24) is 9.55 Å². The molecule has 10 aromatic rings. The Morgan fingerprint density at radius 2 is 1.13 bits per heavy atom. The predicted octanol–water partition coefficient (Wildman–Crippen LogP) is 16.9. The van der Waals surface area contributed by atoms with Crippen molar-refractivity contribution < 1.29 is 28.5 Å². The quantitative estimate of drug-likeness (QED) is 0.142. The largest absolute Gasteiger partial charge is 0.509 e. The van der Waals surface area contributed by atoms with Crippen molar-refractivity contribution in [3.63, 3.8) is 0 Å². The summed E-state index contributed by atoms with van der Waals surface area (Å²) in [5.41, 5.74) is 14.5. The third-order valence-electron chi connectivity index (χ3n) is 13.0. The SMILES string of the molecule is [2H]c1nc(-n2c3[c-]c(Oc4[c-]c(N5[CH-]N(c6c(-c7ccccc7)cccc6-c6ccccc6)c6ccccc65)ccc4)ccc3c3ccccc32)c([2H])c(C)c1-c1cc(C(C)(C)C)cc(C(C)(C)C)c1.[Pt]. The summed E-state index contributed by atoms with van der Waals surface area (Å²) in [5, 5.41) is 1.94. The van der Waals surface area contributed by atoms with Crippen LogP contribution in [0.5, 0.6) is 11.5 Å². The summed E-state index contributed by atoms with van der Waals surface area (Å²) in [6, 6.07) is 68.2. The molecule has 2 aromatic heterocycles. The first kappa shape index (κ1) is 43.1. The maximum Gasteiger partial charge on any atom is 0.135 e. The minimum atomic E-state index is -0.108. The number of ether oxygens (including phenoxy) is 1. The smallest absolute Gasteiger partial charge is 0.135 e. The zero-order valence-corrected chi connectivity index (χ0v) is 42.1. The van der Waals surface area contributed by atoms with Crippen LogP contribution in [0, 0.1) is 25.7 Å². The van der Waals surface area contributed by atoms with Crippen molar-refractivity contribution >= 4 is 44.6 Å². The van der Waals surface area contributed by atoms with E-state index in [1.165, 1.54) is 11.1 Å². The summed E-state index contributed by atoms with van der Waals surface area (Å²) < 4.78 is 27.8. The number of hydrogen-bond donors (Lipinski definition) is 0. The van der Waals surface area contributed by atoms with Gasteiger partial charge < -0.3 is 19.1 Å². The van der Waals surface area contributed by atoms with E-state index >= 15 is 0 Å². The van der Waals surface area contributed by atoms with Crippen LogP contribution in [-0.2, 0) is 31.9 Å². The number of anilines is 4. The summed E-state index contributed by atoms with van der Waals surface area (Å²) in [7, 11) is 0. The van der Waals surface area contributed by atoms with Crippen LogP contribution < -0.4 is 14.5 Å². The molecule has 0 saturated carbocycles. The molecule has 0 amide bonds. The topological polar surface area (TPSA) is 33.5 Å². The molecule has 0 atom stereocenters. The van der Waals surface area contributed by atoms with Gasteiger partial charge in [0.25, 0.3) is 0 Å². The van der Waals surface area contributed by atoms with E-state index in [0.717, 1.165) is 66.9 Å². The molecule has 0 saturated heterocycles. The monoisotopic (exact) mass is 1080 g/mol. The molecule has 0 unspecified atom stereocenters. The van der Waals surface area contributed by atoms with Crippen LogP contribution in [0.3, 0.4) is 0 Å². The minimum Gasteiger partial charge on any atom is -0.509 e. The van der Waals surface area contributed by atoms with E-state index in [2.05, 4.69) is 198 Å². The molecule has 1 aliphatic rings. The summed E-state index contributed by atoms with van der Waals surface area (Å²) in [6.45, 7) is 17.4. The van der Waals surface area contributed by atoms with E-state index in [-0.39, 0.29) is 44.1 Å². The Labute approximate surface area is 423 Å². The number of fused-ring (bicyclic) bond motifs is 4. The van der Waals surface area contributed by atoms with Gasteiger partial charge >= 0.3 is 0 Å². The van der Waals surface area contributed by atoms with Gasteiger partial charge in [0.2, 0.25) is 0 Å². The second kappa shape index (κ2) is 18.0. The van der Waals surface area contributed by atoms with E-state index in [9.17, 15) is 2.74 Å². The average Bonchev–Trinajstić information content (AvgIpc) is 3.91. The minimum absolute atomic E-state index is 0. The molecule has 0 fully saturated rings. The molecule has 8 aromatic carbocycles. The van der Waals surface area contributed by atoms with Crippen LogP contribution in [-0.4, -0.2) is 9.55 Å². The van der Waals surface area contributed by atoms with Gasteiger partial charge in [-0.05, 0) is 80.8 Å². The fourth-order valence-electron chi connectivity index (χ4n) is 9.37. The van der Waals surface area contributed by atoms with Crippen molar-refractivity contribution in [2.24, 2.45) is 0 Å². The average molecular weight is 1080 g/mol. The third kappa shape index (κ3) is 8.55. The van der Waals surface area contributed by atoms with E-state index in [1.807, 2.05) is 60.0 Å². The van der Waals surface area contributed by atoms with Gasteiger partial charge in [-0.3, -0.25) is 0 Å². The molecule has 0 N–H and O–H groups in total. The van der Waals surface area contributed by atoms with Crippen molar-refractivity contribution in [2.45, 2.75) is 59.3 Å². The predicted molar refractivity (Wildman–Crippen MR) is 283 cm³/mol. The van der Waals surface area contributed by atoms with Crippen molar-refractivity contribution in [3.05, 3.63) is 224 Å². The van der Waals surface area contributed by atoms with Crippen LogP contribution in [0.25, 0.3) is 61.0 Å². The molecule has 0 spiro atoms. The standard InChI is InChI=1S/C63H53N4O.Pt/c1-42-34-60(64-40-55(42)45-35-46(62(2,3)4)37-47(36-45)63(5,6)7)67-56-29-15-14-26-53(56)54-33-32-50(39-59(54)67)68-49-25-18-24-48(38-49)65-41-66(58-31-17-16-30-57(58)65)61-51(43-20-10-8-11-21-43)27-19-28-52(61)44-22-12-9-13-23-44;/h8-37,40-41H,1-7H3;/q-3;/i34D,40D;. The zero-order valence-electron chi connectivity index (χ0n) is 41.8. The number of hydrogen-bond acceptors (Lipinski definition) is 4. The summed E-state index contributed by atoms with van der Waals surface area (Å²) >= 11 is 0. The second-order valence-corrected chi connectivity index (χ2v) is 19.7. The van der Waals surface area contributed by atoms with Crippen molar-refractivity contribution in [1.29, 1.82) is 0 Å². The van der Waals surface area contributed by atoms with Crippen LogP contribution in [0.1, 0.15) is 61.0 Å². The molecule has 344 valence electrons. The van der Waals surface area contributed by atoms with E-state index in [1.54, 1.807) is 0 Å². The van der Waals surface area contributed by atoms with Gasteiger partial charge in [-0.15, -0.1) is 48.1 Å². The summed E-state index contributed by atoms with van der Waals surface area (Å²) in [4.78, 5) is 9.42. The fraction of sp³-hybridized carbons (Fsp3) is 0.143. The molecule has 0 radical (unpaired) electrons. The van der Waals surface area contributed by atoms with Crippen molar-refractivity contribution in [2.75, 3.05) is 9.80 Å². The molecule has 1 aliphatic heterocycles. The zero-order chi connectivity index (χ0) is 48.5. The van der Waals surface area contributed by atoms with Crippen LogP contribution in [0.2, 0.25) is 0 Å². The Morgan fingerprint density at radius 3 is 1.78 bits per heavy atom. The van der Waals surface area contributed by atoms with Crippen molar-refractivity contribution in [3.8, 4) is 50.7 Å². The van der Waals surface area contributed by atoms with Gasteiger partial charge in [-0.25, -0.2) is 4.98 Å². The van der Waals surface area contributed by atoms with Gasteiger partial charge in [0.05, 0.1) is 2.74 Å². The van der Waals surface area contributed by atoms with Crippen LogP contribution in [0.4, 0.5) is 22.7 Å². The maximum absolute atomic E-state index is 9.70. The number of pyridine rings is 1. The second-order valence-electron chi connectivity index (χ2n) is 19.7. The van der Waals surface area contributed by atoms with Gasteiger partial charge in [0.15, 0.2) is 0 Å². The fourth-order valence-corrected chi connectivity index (χ4v) is 9.37. The van der Waals surface area contributed by atoms with Gasteiger partial charge in [-0.2, -0.15) is 12.1 Å². The molecule has 3 heterocycles. The molecule has 11 rings (SSSR count). The molecule has 0 aliphatic carbocycles. The molecular weight excluding hydrogens is 1020 g/mol. The summed E-state index contributed by atoms with van der Waals surface area (Å²) in [6.07, 6.45) is 0.123. The molecule has 5 nitrogen and oxygen atoms in total. The van der Waals surface area contributed by atoms with Gasteiger partial charge in [0, 0.05) is 78.0 Å². The summed E-state index contributed by atoms with van der Waals surface area (Å²) in [5.74, 6) is 1.38. The molecule has 69 heavy (non-hydrogen) atoms. The number of rotatable bonds is 8. The Bertz CT molecular complexity index is 3540. The maximum atomic E-state index is 9.70. The van der Waals surface area contributed by atoms with Gasteiger partial charge in [0.1, 0.15) is 5.82 Å². The van der Waals surface area contributed by atoms with Gasteiger partial charge in [-0.1, -0.05) is 174 Å². The van der Waals surface area contributed by atoms with Crippen LogP contribution in [0.15, 0.2) is 188 Å². The van der Waals surface area contributed by atoms with E-state index < -0.39 is 0 Å². The number of nitrogens with zero attached hydrogens (tertiary/aromatic N) is 4. The first-order chi connectivity index (χ1) is 33.7. The Kier molecular flexibility index (Phi) is 11.3. The first-order valence-electron chi connectivity index (χ1n) is 24.3. The number of aromatic nitrogens is 2. The van der Waals surface area contributed by atoms with Crippen LogP contribution >= 0.6 is 0 Å². The Balaban J connectivity index is 0.00000582. The molecular formula is C63H53N4OPt-3. The molecule has 6 heteroatoms. The molecule has 0 bridgehead atoms. The van der Waals surface area contributed by atoms with E-state index in [4.69, 9.17) is 9.72 Å². The number of benzene rings is 8. The third-order valence-corrected chi connectivity index (χ3v) is 13.0. The first-order valence-corrected chi connectivity index (χ1v) is 23.3. The van der Waals surface area contributed by atoms with E-state index in [0.29, 0.717) is 34.0 Å².